The summed E-state index contributed by atoms with van der Waals surface area (Å²) in [4.78, 5) is 15.9. The Balaban J connectivity index is 2.41. The molecule has 0 aliphatic carbocycles. The first-order valence-corrected chi connectivity index (χ1v) is 7.83. The normalized spacial score (nSPS) is 10.6. The molecule has 106 valence electrons. The number of hydrogen-bond donors (Lipinski definition) is 1. The van der Waals surface area contributed by atoms with Crippen LogP contribution in [0, 0.1) is 0 Å². The Kier molecular flexibility index (Phi) is 4.77. The van der Waals surface area contributed by atoms with Crippen LogP contribution in [0.2, 0.25) is 0 Å². The molecule has 0 bridgehead atoms. The number of aryl methyl sites for hydroxylation is 1. The fourth-order valence-corrected chi connectivity index (χ4v) is 3.27. The summed E-state index contributed by atoms with van der Waals surface area (Å²) in [6.45, 7) is 4.42. The van der Waals surface area contributed by atoms with Crippen molar-refractivity contribution in [3.63, 3.8) is 0 Å². The number of halogens is 1. The zero-order chi connectivity index (χ0) is 14.7. The summed E-state index contributed by atoms with van der Waals surface area (Å²) in [7, 11) is 0. The molecule has 0 saturated carbocycles. The molecular weight excluding hydrogens is 342 g/mol. The number of hydrogen-bond acceptors (Lipinski definition) is 4. The van der Waals surface area contributed by atoms with Crippen LogP contribution in [0.5, 0.6) is 5.75 Å². The Morgan fingerprint density at radius 3 is 2.70 bits per heavy atom. The van der Waals surface area contributed by atoms with E-state index in [1.165, 1.54) is 11.3 Å². The Bertz CT molecular complexity index is 639. The molecule has 0 aliphatic heterocycles. The van der Waals surface area contributed by atoms with Gasteiger partial charge in [-0.25, -0.2) is 9.78 Å². The molecule has 1 aromatic carbocycles. The summed E-state index contributed by atoms with van der Waals surface area (Å²) < 4.78 is 6.29. The van der Waals surface area contributed by atoms with Crippen molar-refractivity contribution in [1.29, 1.82) is 0 Å². The van der Waals surface area contributed by atoms with Gasteiger partial charge in [0.2, 0.25) is 0 Å². The average molecular weight is 356 g/mol. The minimum atomic E-state index is -0.921. The second-order valence-corrected chi connectivity index (χ2v) is 5.89. The lowest BCUT2D eigenvalue weighted by molar-refractivity contribution is 0.0701. The van der Waals surface area contributed by atoms with Crippen molar-refractivity contribution in [3.8, 4) is 16.3 Å². The van der Waals surface area contributed by atoms with Crippen LogP contribution in [0.25, 0.3) is 10.6 Å². The molecule has 2 aromatic rings. The van der Waals surface area contributed by atoms with E-state index in [9.17, 15) is 4.79 Å². The Hall–Kier alpha value is -1.40. The van der Waals surface area contributed by atoms with E-state index in [0.29, 0.717) is 28.6 Å². The van der Waals surface area contributed by atoms with Crippen LogP contribution in [-0.4, -0.2) is 22.7 Å². The molecule has 0 amide bonds. The molecule has 0 aliphatic rings. The van der Waals surface area contributed by atoms with E-state index in [0.717, 1.165) is 15.8 Å². The van der Waals surface area contributed by atoms with Crippen LogP contribution < -0.4 is 4.74 Å². The fourth-order valence-electron chi connectivity index (χ4n) is 1.79. The molecule has 1 aromatic heterocycles. The summed E-state index contributed by atoms with van der Waals surface area (Å²) >= 11 is 4.65. The number of aromatic carboxylic acids is 1. The molecule has 0 unspecified atom stereocenters. The van der Waals surface area contributed by atoms with Gasteiger partial charge in [-0.3, -0.25) is 0 Å². The maximum Gasteiger partial charge on any atom is 0.347 e. The van der Waals surface area contributed by atoms with E-state index in [1.807, 2.05) is 32.0 Å². The number of rotatable bonds is 5. The third kappa shape index (κ3) is 3.02. The monoisotopic (exact) mass is 355 g/mol. The van der Waals surface area contributed by atoms with Crippen LogP contribution >= 0.6 is 27.3 Å². The maximum atomic E-state index is 11.2. The van der Waals surface area contributed by atoms with Crippen LogP contribution in [0.15, 0.2) is 22.7 Å². The summed E-state index contributed by atoms with van der Waals surface area (Å²) in [6.07, 6.45) is 0.607. The molecular formula is C14H14BrNO3S. The number of carboxylic acids is 1. The van der Waals surface area contributed by atoms with E-state index in [-0.39, 0.29) is 0 Å². The van der Waals surface area contributed by atoms with E-state index in [1.54, 1.807) is 0 Å². The molecule has 2 rings (SSSR count). The van der Waals surface area contributed by atoms with Crippen LogP contribution in [0.4, 0.5) is 0 Å². The topological polar surface area (TPSA) is 59.4 Å². The summed E-state index contributed by atoms with van der Waals surface area (Å²) in [5.74, 6) is -0.155. The minimum Gasteiger partial charge on any atom is -0.493 e. The second-order valence-electron chi connectivity index (χ2n) is 4.03. The summed E-state index contributed by atoms with van der Waals surface area (Å²) in [6, 6.07) is 5.64. The summed E-state index contributed by atoms with van der Waals surface area (Å²) in [5.41, 5.74) is 1.51. The first kappa shape index (κ1) is 15.0. The molecule has 0 spiro atoms. The lowest BCUT2D eigenvalue weighted by Crippen LogP contribution is -1.97. The lowest BCUT2D eigenvalue weighted by Gasteiger charge is -2.06. The number of thiazole rings is 1. The molecule has 4 nitrogen and oxygen atoms in total. The minimum absolute atomic E-state index is 0.313. The molecule has 6 heteroatoms. The van der Waals surface area contributed by atoms with Gasteiger partial charge in [-0.1, -0.05) is 6.92 Å². The van der Waals surface area contributed by atoms with Gasteiger partial charge >= 0.3 is 5.97 Å². The van der Waals surface area contributed by atoms with Crippen LogP contribution in [0.3, 0.4) is 0 Å². The standard InChI is InChI=1S/C14H14BrNO3S/c1-3-10-12(14(17)18)20-13(16-10)8-5-6-11(19-4-2)9(15)7-8/h5-7H,3-4H2,1-2H3,(H,17,18). The van der Waals surface area contributed by atoms with Gasteiger partial charge < -0.3 is 9.84 Å². The van der Waals surface area contributed by atoms with Gasteiger partial charge in [0.25, 0.3) is 0 Å². The molecule has 20 heavy (non-hydrogen) atoms. The smallest absolute Gasteiger partial charge is 0.347 e. The number of nitrogens with zero attached hydrogens (tertiary/aromatic N) is 1. The first-order chi connectivity index (χ1) is 9.56. The van der Waals surface area contributed by atoms with Crippen molar-refractivity contribution < 1.29 is 14.6 Å². The van der Waals surface area contributed by atoms with Crippen molar-refractivity contribution in [2.75, 3.05) is 6.61 Å². The second kappa shape index (κ2) is 6.37. The highest BCUT2D eigenvalue weighted by atomic mass is 79.9. The Morgan fingerprint density at radius 2 is 2.20 bits per heavy atom. The average Bonchev–Trinajstić information content (AvgIpc) is 2.85. The highest BCUT2D eigenvalue weighted by molar-refractivity contribution is 9.10. The van der Waals surface area contributed by atoms with E-state index in [4.69, 9.17) is 9.84 Å². The van der Waals surface area contributed by atoms with Gasteiger partial charge in [-0.15, -0.1) is 11.3 Å². The van der Waals surface area contributed by atoms with Gasteiger partial charge in [0.1, 0.15) is 15.6 Å². The van der Waals surface area contributed by atoms with Gasteiger partial charge in [-0.2, -0.15) is 0 Å². The molecule has 1 N–H and O–H groups in total. The zero-order valence-corrected chi connectivity index (χ0v) is 13.5. The van der Waals surface area contributed by atoms with Crippen molar-refractivity contribution >= 4 is 33.2 Å². The molecule has 1 heterocycles. The van der Waals surface area contributed by atoms with Crippen molar-refractivity contribution in [2.24, 2.45) is 0 Å². The lowest BCUT2D eigenvalue weighted by atomic mass is 10.2. The highest BCUT2D eigenvalue weighted by Crippen LogP contribution is 2.34. The fraction of sp³-hybridized carbons (Fsp3) is 0.286. The molecule has 0 radical (unpaired) electrons. The SMILES string of the molecule is CCOc1ccc(-c2nc(CC)c(C(=O)O)s2)cc1Br. The predicted octanol–water partition coefficient (Wildman–Crippen LogP) is 4.23. The quantitative estimate of drug-likeness (QED) is 0.871. The Labute approximate surface area is 129 Å². The maximum absolute atomic E-state index is 11.2. The third-order valence-electron chi connectivity index (χ3n) is 2.71. The predicted molar refractivity (Wildman–Crippen MR) is 82.8 cm³/mol. The third-order valence-corrected chi connectivity index (χ3v) is 4.46. The largest absolute Gasteiger partial charge is 0.493 e. The van der Waals surface area contributed by atoms with Gasteiger partial charge in [0, 0.05) is 5.56 Å². The van der Waals surface area contributed by atoms with E-state index < -0.39 is 5.97 Å². The number of ether oxygens (including phenoxy) is 1. The van der Waals surface area contributed by atoms with Crippen LogP contribution in [-0.2, 0) is 6.42 Å². The van der Waals surface area contributed by atoms with E-state index >= 15 is 0 Å². The Morgan fingerprint density at radius 1 is 1.45 bits per heavy atom. The number of aromatic nitrogens is 1. The van der Waals surface area contributed by atoms with Crippen molar-refractivity contribution in [2.45, 2.75) is 20.3 Å². The van der Waals surface area contributed by atoms with Gasteiger partial charge in [-0.05, 0) is 47.5 Å². The van der Waals surface area contributed by atoms with Crippen molar-refractivity contribution in [1.82, 2.24) is 4.98 Å². The first-order valence-electron chi connectivity index (χ1n) is 6.22. The number of carbonyl (C=O) groups is 1. The van der Waals surface area contributed by atoms with E-state index in [2.05, 4.69) is 20.9 Å². The van der Waals surface area contributed by atoms with Crippen LogP contribution in [0.1, 0.15) is 29.2 Å². The highest BCUT2D eigenvalue weighted by Gasteiger charge is 2.17. The number of benzene rings is 1. The van der Waals surface area contributed by atoms with Gasteiger partial charge in [0.05, 0.1) is 16.8 Å². The van der Waals surface area contributed by atoms with Gasteiger partial charge in [0.15, 0.2) is 0 Å². The molecule has 0 saturated heterocycles. The zero-order valence-electron chi connectivity index (χ0n) is 11.1. The molecule has 0 atom stereocenters. The summed E-state index contributed by atoms with van der Waals surface area (Å²) in [5, 5.41) is 9.88. The molecule has 0 fully saturated rings. The number of carboxylic acid groups (broad SMARTS) is 1. The van der Waals surface area contributed by atoms with Crippen molar-refractivity contribution in [3.05, 3.63) is 33.2 Å².